The summed E-state index contributed by atoms with van der Waals surface area (Å²) in [5.74, 6) is 0.196. The number of halogens is 1. The minimum Gasteiger partial charge on any atom is -0.486 e. The number of aromatic nitrogens is 3. The zero-order valence-electron chi connectivity index (χ0n) is 21.5. The molecular weight excluding hydrogens is 489 g/mol. The van der Waals surface area contributed by atoms with E-state index in [2.05, 4.69) is 20.1 Å². The van der Waals surface area contributed by atoms with Crippen molar-refractivity contribution in [3.63, 3.8) is 0 Å². The van der Waals surface area contributed by atoms with E-state index in [1.54, 1.807) is 36.1 Å². The zero-order chi connectivity index (χ0) is 26.5. The van der Waals surface area contributed by atoms with E-state index in [0.717, 1.165) is 33.4 Å². The van der Waals surface area contributed by atoms with Crippen molar-refractivity contribution in [1.29, 1.82) is 0 Å². The number of benzene rings is 2. The average Bonchev–Trinajstić information content (AvgIpc) is 3.49. The Labute approximate surface area is 219 Å². The molecule has 3 N–H and O–H groups in total. The van der Waals surface area contributed by atoms with Gasteiger partial charge >= 0.3 is 0 Å². The van der Waals surface area contributed by atoms with E-state index in [0.29, 0.717) is 17.1 Å². The first-order valence-corrected chi connectivity index (χ1v) is 13.0. The molecule has 0 atom stereocenters. The summed E-state index contributed by atoms with van der Waals surface area (Å²) in [5, 5.41) is 8.59. The maximum atomic E-state index is 13.8. The maximum absolute atomic E-state index is 13.8. The van der Waals surface area contributed by atoms with E-state index in [1.165, 1.54) is 18.0 Å². The fraction of sp³-hybridized carbons (Fsp3) is 0.214. The lowest BCUT2D eigenvalue weighted by Crippen LogP contribution is -2.09. The van der Waals surface area contributed by atoms with Gasteiger partial charge in [-0.05, 0) is 68.3 Å². The molecule has 2 aromatic carbocycles. The van der Waals surface area contributed by atoms with Crippen LogP contribution in [0, 0.1) is 12.7 Å². The van der Waals surface area contributed by atoms with Crippen molar-refractivity contribution in [2.75, 3.05) is 29.9 Å². The van der Waals surface area contributed by atoms with Crippen LogP contribution >= 0.6 is 11.9 Å². The quantitative estimate of drug-likeness (QED) is 0.123. The van der Waals surface area contributed by atoms with Crippen molar-refractivity contribution in [3.05, 3.63) is 89.0 Å². The number of hydrogen-bond acceptors (Lipinski definition) is 6. The number of rotatable bonds is 10. The minimum absolute atomic E-state index is 0.163. The maximum Gasteiger partial charge on any atom is 0.214 e. The number of hydrogen-bond donors (Lipinski definition) is 3. The fourth-order valence-electron chi connectivity index (χ4n) is 4.15. The lowest BCUT2D eigenvalue weighted by Gasteiger charge is -2.13. The first-order chi connectivity index (χ1) is 17.9. The predicted octanol–water partition coefficient (Wildman–Crippen LogP) is 6.66. The number of fused-ring (bicyclic) bond motifs is 1. The molecule has 0 unspecified atom stereocenters. The molecule has 0 fully saturated rings. The smallest absolute Gasteiger partial charge is 0.214 e. The molecule has 192 valence electrons. The second kappa shape index (κ2) is 11.4. The van der Waals surface area contributed by atoms with E-state index in [4.69, 9.17) is 4.74 Å². The molecule has 0 aliphatic carbocycles. The van der Waals surface area contributed by atoms with Gasteiger partial charge in [0.15, 0.2) is 11.6 Å². The van der Waals surface area contributed by atoms with Gasteiger partial charge < -0.3 is 19.8 Å². The summed E-state index contributed by atoms with van der Waals surface area (Å²) < 4.78 is 24.4. The predicted molar refractivity (Wildman–Crippen MR) is 151 cm³/mol. The van der Waals surface area contributed by atoms with Gasteiger partial charge in [0.05, 0.1) is 23.2 Å². The highest BCUT2D eigenvalue weighted by Gasteiger charge is 2.22. The van der Waals surface area contributed by atoms with Gasteiger partial charge in [0.2, 0.25) is 5.78 Å². The van der Waals surface area contributed by atoms with Crippen LogP contribution in [-0.4, -0.2) is 40.5 Å². The van der Waals surface area contributed by atoms with E-state index in [9.17, 15) is 9.18 Å². The van der Waals surface area contributed by atoms with Gasteiger partial charge in [0.25, 0.3) is 0 Å². The molecule has 0 amide bonds. The molecule has 0 bridgehead atoms. The number of nitrogens with one attached hydrogen (secondary N) is 3. The summed E-state index contributed by atoms with van der Waals surface area (Å²) in [5.41, 5.74) is 5.58. The summed E-state index contributed by atoms with van der Waals surface area (Å²) in [7, 11) is 1.76. The highest BCUT2D eigenvalue weighted by atomic mass is 32.2. The number of carbonyl (C=O) groups is 1. The second-order valence-electron chi connectivity index (χ2n) is 8.44. The van der Waals surface area contributed by atoms with Gasteiger partial charge in [-0.1, -0.05) is 30.2 Å². The molecule has 37 heavy (non-hydrogen) atoms. The number of allylic oxidation sites excluding steroid dienone is 3. The van der Waals surface area contributed by atoms with Crippen molar-refractivity contribution in [2.24, 2.45) is 0 Å². The molecule has 0 aliphatic rings. The molecule has 0 spiro atoms. The Kier molecular flexibility index (Phi) is 8.03. The van der Waals surface area contributed by atoms with Crippen LogP contribution in [0.15, 0.2) is 66.4 Å². The molecule has 2 heterocycles. The number of ether oxygens (including phenoxy) is 1. The SMILES string of the molecule is C/C=C(\C(C)=C/COc1ccccc1F)n1ncc(C(=O)c2cc3cc(NSC)c(C)cc3[nH]2)c1NC. The third-order valence-electron chi connectivity index (χ3n) is 6.04. The fourth-order valence-corrected chi connectivity index (χ4v) is 4.59. The summed E-state index contributed by atoms with van der Waals surface area (Å²) in [6.07, 6.45) is 7.30. The monoisotopic (exact) mass is 519 g/mol. The van der Waals surface area contributed by atoms with Gasteiger partial charge in [-0.15, -0.1) is 0 Å². The van der Waals surface area contributed by atoms with E-state index in [-0.39, 0.29) is 18.1 Å². The summed E-state index contributed by atoms with van der Waals surface area (Å²) in [6, 6.07) is 12.2. The molecule has 7 nitrogen and oxygen atoms in total. The third kappa shape index (κ3) is 5.41. The van der Waals surface area contributed by atoms with Crippen molar-refractivity contribution >= 4 is 45.8 Å². The minimum atomic E-state index is -0.406. The number of aromatic amines is 1. The first kappa shape index (κ1) is 26.1. The van der Waals surface area contributed by atoms with Gasteiger partial charge in [0.1, 0.15) is 12.4 Å². The van der Waals surface area contributed by atoms with Crippen LogP contribution in [0.1, 0.15) is 35.5 Å². The molecule has 4 rings (SSSR count). The number of anilines is 2. The van der Waals surface area contributed by atoms with Crippen LogP contribution in [0.4, 0.5) is 15.9 Å². The van der Waals surface area contributed by atoms with Crippen molar-refractivity contribution < 1.29 is 13.9 Å². The molecule has 4 aromatic rings. The molecule has 9 heteroatoms. The molecule has 0 aliphatic heterocycles. The van der Waals surface area contributed by atoms with Gasteiger partial charge in [-0.3, -0.25) is 4.79 Å². The van der Waals surface area contributed by atoms with Crippen molar-refractivity contribution in [2.45, 2.75) is 20.8 Å². The molecule has 0 radical (unpaired) electrons. The molecule has 0 saturated carbocycles. The van der Waals surface area contributed by atoms with Crippen LogP contribution in [0.3, 0.4) is 0 Å². The van der Waals surface area contributed by atoms with E-state index < -0.39 is 5.82 Å². The van der Waals surface area contributed by atoms with Crippen molar-refractivity contribution in [3.8, 4) is 5.75 Å². The Balaban J connectivity index is 1.60. The number of para-hydroxylation sites is 1. The standard InChI is InChI=1S/C28H30FN5O2S/c1-6-25(17(2)11-12-36-26-10-8-7-9-21(26)29)34-28(30-4)20(16-31-34)27(35)24-15-19-14-22(33-37-5)18(3)13-23(19)32-24/h6-11,13-16,30,32-33H,12H2,1-5H3/b17-11-,25-6+. The largest absolute Gasteiger partial charge is 0.486 e. The Bertz CT molecular complexity index is 1500. The van der Waals surface area contributed by atoms with Gasteiger partial charge in [-0.25, -0.2) is 9.07 Å². The molecule has 0 saturated heterocycles. The number of H-pyrrole nitrogens is 1. The zero-order valence-corrected chi connectivity index (χ0v) is 22.3. The summed E-state index contributed by atoms with van der Waals surface area (Å²) in [4.78, 5) is 16.8. The van der Waals surface area contributed by atoms with E-state index in [1.807, 2.05) is 57.4 Å². The molecule has 2 aromatic heterocycles. The summed E-state index contributed by atoms with van der Waals surface area (Å²) in [6.45, 7) is 6.03. The van der Waals surface area contributed by atoms with Gasteiger partial charge in [0, 0.05) is 29.9 Å². The average molecular weight is 520 g/mol. The second-order valence-corrected chi connectivity index (χ2v) is 9.06. The lowest BCUT2D eigenvalue weighted by molar-refractivity contribution is 0.103. The van der Waals surface area contributed by atoms with Crippen LogP contribution in [-0.2, 0) is 0 Å². The van der Waals surface area contributed by atoms with Crippen LogP contribution in [0.2, 0.25) is 0 Å². The number of carbonyl (C=O) groups excluding carboxylic acids is 1. The number of aryl methyl sites for hydroxylation is 1. The Hall–Kier alpha value is -3.98. The Morgan fingerprint density at radius 3 is 2.76 bits per heavy atom. The number of nitrogens with zero attached hydrogens (tertiary/aromatic N) is 2. The summed E-state index contributed by atoms with van der Waals surface area (Å²) >= 11 is 1.53. The van der Waals surface area contributed by atoms with Crippen LogP contribution < -0.4 is 14.8 Å². The Morgan fingerprint density at radius 1 is 1.27 bits per heavy atom. The van der Waals surface area contributed by atoms with Crippen molar-refractivity contribution in [1.82, 2.24) is 14.8 Å². The molecular formula is C28H30FN5O2S. The highest BCUT2D eigenvalue weighted by molar-refractivity contribution is 7.99. The van der Waals surface area contributed by atoms with Crippen LogP contribution in [0.25, 0.3) is 16.6 Å². The van der Waals surface area contributed by atoms with Gasteiger partial charge in [-0.2, -0.15) is 5.10 Å². The highest BCUT2D eigenvalue weighted by Crippen LogP contribution is 2.29. The normalized spacial score (nSPS) is 12.2. The lowest BCUT2D eigenvalue weighted by atomic mass is 10.1. The Morgan fingerprint density at radius 2 is 2.05 bits per heavy atom. The van der Waals surface area contributed by atoms with Crippen LogP contribution in [0.5, 0.6) is 5.75 Å². The first-order valence-electron chi connectivity index (χ1n) is 11.8. The third-order valence-corrected chi connectivity index (χ3v) is 6.47. The van der Waals surface area contributed by atoms with E-state index >= 15 is 0 Å². The number of ketones is 1. The topological polar surface area (TPSA) is 84.0 Å².